The number of rotatable bonds is 3. The van der Waals surface area contributed by atoms with Crippen LogP contribution in [-0.2, 0) is 6.61 Å². The molecule has 3 unspecified atom stereocenters. The number of halogens is 1. The minimum absolute atomic E-state index is 0.0436. The summed E-state index contributed by atoms with van der Waals surface area (Å²) in [4.78, 5) is 4.35. The van der Waals surface area contributed by atoms with Crippen LogP contribution >= 0.6 is 15.9 Å². The summed E-state index contributed by atoms with van der Waals surface area (Å²) in [6.45, 7) is 7.05. The molecule has 2 aliphatic rings. The first-order chi connectivity index (χ1) is 9.38. The Kier molecular flexibility index (Phi) is 3.37. The number of ether oxygens (including phenoxy) is 1. The number of pyridine rings is 1. The molecule has 1 aromatic rings. The first-order valence-corrected chi connectivity index (χ1v) is 8.10. The highest BCUT2D eigenvalue weighted by molar-refractivity contribution is 9.10. The maximum Gasteiger partial charge on any atom is 0.219 e. The molecule has 0 amide bonds. The average Bonchev–Trinajstić information content (AvgIpc) is 2.74. The Morgan fingerprint density at radius 3 is 2.75 bits per heavy atom. The van der Waals surface area contributed by atoms with E-state index in [1.807, 2.05) is 6.07 Å². The van der Waals surface area contributed by atoms with Gasteiger partial charge in [0.05, 0.1) is 6.61 Å². The number of hydrogen-bond acceptors (Lipinski definition) is 3. The third-order valence-electron chi connectivity index (χ3n) is 6.03. The lowest BCUT2D eigenvalue weighted by atomic mass is 9.70. The van der Waals surface area contributed by atoms with Crippen LogP contribution in [0.5, 0.6) is 5.88 Å². The van der Waals surface area contributed by atoms with Gasteiger partial charge in [-0.3, -0.25) is 0 Å². The van der Waals surface area contributed by atoms with Crippen molar-refractivity contribution in [3.63, 3.8) is 0 Å². The second-order valence-electron chi connectivity index (χ2n) is 6.99. The van der Waals surface area contributed by atoms with E-state index in [2.05, 4.69) is 41.7 Å². The van der Waals surface area contributed by atoms with Crippen molar-refractivity contribution in [1.29, 1.82) is 0 Å². The zero-order chi connectivity index (χ0) is 14.5. The summed E-state index contributed by atoms with van der Waals surface area (Å²) < 4.78 is 7.10. The molecule has 2 bridgehead atoms. The van der Waals surface area contributed by atoms with Gasteiger partial charge in [-0.05, 0) is 52.6 Å². The molecule has 110 valence electrons. The second-order valence-corrected chi connectivity index (χ2v) is 7.91. The van der Waals surface area contributed by atoms with Crippen LogP contribution in [0.4, 0.5) is 0 Å². The Morgan fingerprint density at radius 1 is 1.45 bits per heavy atom. The molecular formula is C16H22BrNO2. The van der Waals surface area contributed by atoms with E-state index in [-0.39, 0.29) is 18.1 Å². The third-order valence-corrected chi connectivity index (χ3v) is 6.46. The maximum absolute atomic E-state index is 9.47. The van der Waals surface area contributed by atoms with E-state index >= 15 is 0 Å². The molecule has 0 spiro atoms. The van der Waals surface area contributed by atoms with Crippen molar-refractivity contribution < 1.29 is 9.84 Å². The number of fused-ring (bicyclic) bond motifs is 2. The van der Waals surface area contributed by atoms with Crippen LogP contribution in [0.2, 0.25) is 0 Å². The van der Waals surface area contributed by atoms with Crippen molar-refractivity contribution in [3.8, 4) is 5.88 Å². The summed E-state index contributed by atoms with van der Waals surface area (Å²) in [5.74, 6) is 1.33. The predicted molar refractivity (Wildman–Crippen MR) is 81.5 cm³/mol. The molecule has 2 saturated carbocycles. The van der Waals surface area contributed by atoms with Gasteiger partial charge in [-0.2, -0.15) is 0 Å². The van der Waals surface area contributed by atoms with Crippen molar-refractivity contribution in [2.75, 3.05) is 0 Å². The maximum atomic E-state index is 9.47. The molecule has 3 atom stereocenters. The minimum Gasteiger partial charge on any atom is -0.473 e. The molecule has 1 N–H and O–H groups in total. The molecule has 0 aromatic carbocycles. The lowest BCUT2D eigenvalue weighted by Crippen LogP contribution is -2.39. The third kappa shape index (κ3) is 1.92. The largest absolute Gasteiger partial charge is 0.473 e. The molecule has 3 nitrogen and oxygen atoms in total. The van der Waals surface area contributed by atoms with E-state index in [0.29, 0.717) is 11.3 Å². The summed E-state index contributed by atoms with van der Waals surface area (Å²) in [5, 5.41) is 9.47. The van der Waals surface area contributed by atoms with Gasteiger partial charge in [-0.1, -0.05) is 20.8 Å². The highest BCUT2D eigenvalue weighted by atomic mass is 79.9. The van der Waals surface area contributed by atoms with E-state index < -0.39 is 0 Å². The monoisotopic (exact) mass is 339 g/mol. The second kappa shape index (κ2) is 4.70. The minimum atomic E-state index is -0.0436. The SMILES string of the molecule is CC1(C)C2CCC1(C)C(Oc1ncc(Br)cc1CO)C2. The topological polar surface area (TPSA) is 42.4 Å². The van der Waals surface area contributed by atoms with Gasteiger partial charge in [-0.25, -0.2) is 4.98 Å². The quantitative estimate of drug-likeness (QED) is 0.907. The molecule has 2 aliphatic carbocycles. The molecule has 1 heterocycles. The zero-order valence-electron chi connectivity index (χ0n) is 12.3. The lowest BCUT2D eigenvalue weighted by Gasteiger charge is -2.38. The number of aromatic nitrogens is 1. The fourth-order valence-electron chi connectivity index (χ4n) is 4.13. The molecule has 0 aliphatic heterocycles. The van der Waals surface area contributed by atoms with Crippen LogP contribution in [0.15, 0.2) is 16.7 Å². The van der Waals surface area contributed by atoms with Crippen LogP contribution in [0.1, 0.15) is 45.6 Å². The molecule has 2 fully saturated rings. The van der Waals surface area contributed by atoms with Crippen LogP contribution in [-0.4, -0.2) is 16.2 Å². The highest BCUT2D eigenvalue weighted by Crippen LogP contribution is 2.66. The van der Waals surface area contributed by atoms with Crippen molar-refractivity contribution in [1.82, 2.24) is 4.98 Å². The van der Waals surface area contributed by atoms with Crippen LogP contribution in [0, 0.1) is 16.7 Å². The average molecular weight is 340 g/mol. The molecule has 4 heteroatoms. The van der Waals surface area contributed by atoms with Gasteiger partial charge in [0.2, 0.25) is 5.88 Å². The highest BCUT2D eigenvalue weighted by Gasteiger charge is 2.62. The number of aliphatic hydroxyl groups is 1. The normalized spacial score (nSPS) is 34.5. The number of hydrogen-bond donors (Lipinski definition) is 1. The Bertz CT molecular complexity index is 531. The van der Waals surface area contributed by atoms with Gasteiger partial charge < -0.3 is 9.84 Å². The van der Waals surface area contributed by atoms with Gasteiger partial charge >= 0.3 is 0 Å². The van der Waals surface area contributed by atoms with Crippen LogP contribution in [0.3, 0.4) is 0 Å². The van der Waals surface area contributed by atoms with Gasteiger partial charge in [0.25, 0.3) is 0 Å². The molecule has 3 rings (SSSR count). The Morgan fingerprint density at radius 2 is 2.20 bits per heavy atom. The lowest BCUT2D eigenvalue weighted by molar-refractivity contribution is 0.0259. The van der Waals surface area contributed by atoms with E-state index in [1.165, 1.54) is 12.8 Å². The molecule has 0 radical (unpaired) electrons. The smallest absolute Gasteiger partial charge is 0.219 e. The van der Waals surface area contributed by atoms with Crippen LogP contribution in [0.25, 0.3) is 0 Å². The first-order valence-electron chi connectivity index (χ1n) is 7.30. The molecular weight excluding hydrogens is 318 g/mol. The van der Waals surface area contributed by atoms with Crippen molar-refractivity contribution >= 4 is 15.9 Å². The fraction of sp³-hybridized carbons (Fsp3) is 0.688. The van der Waals surface area contributed by atoms with E-state index in [1.54, 1.807) is 6.20 Å². The van der Waals surface area contributed by atoms with Crippen LogP contribution < -0.4 is 4.74 Å². The fourth-order valence-corrected chi connectivity index (χ4v) is 4.51. The van der Waals surface area contributed by atoms with Crippen molar-refractivity contribution in [3.05, 3.63) is 22.3 Å². The van der Waals surface area contributed by atoms with Gasteiger partial charge in [0.1, 0.15) is 6.10 Å². The summed E-state index contributed by atoms with van der Waals surface area (Å²) in [5.41, 5.74) is 1.29. The molecule has 1 aromatic heterocycles. The van der Waals surface area contributed by atoms with Crippen molar-refractivity contribution in [2.45, 2.75) is 52.7 Å². The van der Waals surface area contributed by atoms with E-state index in [0.717, 1.165) is 22.4 Å². The molecule has 0 saturated heterocycles. The van der Waals surface area contributed by atoms with E-state index in [4.69, 9.17) is 4.74 Å². The summed E-state index contributed by atoms with van der Waals surface area (Å²) in [6, 6.07) is 1.88. The van der Waals surface area contributed by atoms with Gasteiger partial charge in [-0.15, -0.1) is 0 Å². The van der Waals surface area contributed by atoms with Gasteiger partial charge in [0.15, 0.2) is 0 Å². The Balaban J connectivity index is 1.87. The van der Waals surface area contributed by atoms with Gasteiger partial charge in [0, 0.05) is 21.6 Å². The predicted octanol–water partition coefficient (Wildman–Crippen LogP) is 3.93. The summed E-state index contributed by atoms with van der Waals surface area (Å²) in [6.07, 6.45) is 5.57. The molecule has 20 heavy (non-hydrogen) atoms. The number of nitrogens with zero attached hydrogens (tertiary/aromatic N) is 1. The Labute approximate surface area is 128 Å². The Hall–Kier alpha value is -0.610. The van der Waals surface area contributed by atoms with E-state index in [9.17, 15) is 5.11 Å². The number of aliphatic hydroxyl groups excluding tert-OH is 1. The zero-order valence-corrected chi connectivity index (χ0v) is 13.9. The standard InChI is InChI=1S/C16H22BrNO2/c1-15(2)11-4-5-16(15,3)13(7-11)20-14-10(9-19)6-12(17)8-18-14/h6,8,11,13,19H,4-5,7,9H2,1-3H3. The summed E-state index contributed by atoms with van der Waals surface area (Å²) in [7, 11) is 0. The summed E-state index contributed by atoms with van der Waals surface area (Å²) >= 11 is 3.38. The first kappa shape index (κ1) is 14.3. The van der Waals surface area contributed by atoms with Crippen molar-refractivity contribution in [2.24, 2.45) is 16.7 Å².